The molecule has 1 aromatic rings. The molecule has 16 heavy (non-hydrogen) atoms. The highest BCUT2D eigenvalue weighted by atomic mass is 19.1. The first-order valence-electron chi connectivity index (χ1n) is 5.61. The van der Waals surface area contributed by atoms with E-state index in [-0.39, 0.29) is 5.82 Å². The van der Waals surface area contributed by atoms with Crippen molar-refractivity contribution >= 4 is 5.82 Å². The van der Waals surface area contributed by atoms with Gasteiger partial charge in [0.25, 0.3) is 0 Å². The molecular weight excluding hydrogens is 205 g/mol. The van der Waals surface area contributed by atoms with Gasteiger partial charge in [0.05, 0.1) is 6.20 Å². The Balaban J connectivity index is 2.27. The number of halogens is 1. The molecule has 2 rings (SSSR count). The summed E-state index contributed by atoms with van der Waals surface area (Å²) in [4.78, 5) is 6.36. The molecule has 0 spiro atoms. The molecule has 2 N–H and O–H groups in total. The van der Waals surface area contributed by atoms with E-state index in [4.69, 9.17) is 5.73 Å². The third kappa shape index (κ3) is 2.16. The van der Waals surface area contributed by atoms with Gasteiger partial charge in [0.15, 0.2) is 0 Å². The van der Waals surface area contributed by atoms with Crippen molar-refractivity contribution in [2.45, 2.75) is 26.8 Å². The second-order valence-electron chi connectivity index (χ2n) is 5.18. The Kier molecular flexibility index (Phi) is 2.84. The fourth-order valence-electron chi connectivity index (χ4n) is 2.20. The number of aromatic nitrogens is 1. The molecule has 1 aliphatic heterocycles. The van der Waals surface area contributed by atoms with Crippen LogP contribution < -0.4 is 10.6 Å². The van der Waals surface area contributed by atoms with E-state index < -0.39 is 0 Å². The highest BCUT2D eigenvalue weighted by molar-refractivity contribution is 5.48. The zero-order valence-corrected chi connectivity index (χ0v) is 9.83. The summed E-state index contributed by atoms with van der Waals surface area (Å²) in [6.45, 7) is 6.73. The Morgan fingerprint density at radius 2 is 2.31 bits per heavy atom. The topological polar surface area (TPSA) is 42.2 Å². The van der Waals surface area contributed by atoms with Crippen molar-refractivity contribution in [1.29, 1.82) is 0 Å². The minimum atomic E-state index is -0.317. The largest absolute Gasteiger partial charge is 0.356 e. The molecule has 1 aliphatic rings. The maximum atomic E-state index is 13.0. The predicted octanol–water partition coefficient (Wildman–Crippen LogP) is 1.92. The number of anilines is 1. The Hall–Kier alpha value is -1.16. The lowest BCUT2D eigenvalue weighted by molar-refractivity contribution is 0.418. The molecule has 0 saturated carbocycles. The van der Waals surface area contributed by atoms with Crippen molar-refractivity contribution in [1.82, 2.24) is 4.98 Å². The first-order valence-corrected chi connectivity index (χ1v) is 5.61. The van der Waals surface area contributed by atoms with Crippen molar-refractivity contribution in [3.8, 4) is 0 Å². The first kappa shape index (κ1) is 11.3. The Morgan fingerprint density at radius 3 is 2.88 bits per heavy atom. The van der Waals surface area contributed by atoms with Crippen molar-refractivity contribution in [3.63, 3.8) is 0 Å². The highest BCUT2D eigenvalue weighted by Gasteiger charge is 2.30. The molecule has 1 saturated heterocycles. The summed E-state index contributed by atoms with van der Waals surface area (Å²) < 4.78 is 13.0. The standard InChI is InChI=1S/C12H18FN3/c1-12(2)3-4-16(8-12)11-9(6-14)5-10(13)7-15-11/h5,7H,3-4,6,8,14H2,1-2H3. The van der Waals surface area contributed by atoms with Crippen LogP contribution in [0, 0.1) is 11.2 Å². The summed E-state index contributed by atoms with van der Waals surface area (Å²) in [7, 11) is 0. The van der Waals surface area contributed by atoms with Crippen molar-refractivity contribution < 1.29 is 4.39 Å². The molecule has 3 nitrogen and oxygen atoms in total. The van der Waals surface area contributed by atoms with Gasteiger partial charge < -0.3 is 10.6 Å². The summed E-state index contributed by atoms with van der Waals surface area (Å²) in [6, 6.07) is 1.48. The SMILES string of the molecule is CC1(C)CCN(c2ncc(F)cc2CN)C1. The molecule has 0 aromatic carbocycles. The van der Waals surface area contributed by atoms with Crippen LogP contribution in [0.15, 0.2) is 12.3 Å². The van der Waals surface area contributed by atoms with Gasteiger partial charge in [-0.15, -0.1) is 0 Å². The lowest BCUT2D eigenvalue weighted by atomic mass is 9.93. The fourth-order valence-corrected chi connectivity index (χ4v) is 2.20. The Morgan fingerprint density at radius 1 is 1.56 bits per heavy atom. The number of pyridine rings is 1. The molecule has 88 valence electrons. The molecule has 0 radical (unpaired) electrons. The summed E-state index contributed by atoms with van der Waals surface area (Å²) in [6.07, 6.45) is 2.40. The van der Waals surface area contributed by atoms with Crippen molar-refractivity contribution in [3.05, 3.63) is 23.6 Å². The number of hydrogen-bond donors (Lipinski definition) is 1. The quantitative estimate of drug-likeness (QED) is 0.832. The maximum Gasteiger partial charge on any atom is 0.141 e. The van der Waals surface area contributed by atoms with Gasteiger partial charge in [-0.05, 0) is 17.9 Å². The molecule has 1 fully saturated rings. The summed E-state index contributed by atoms with van der Waals surface area (Å²) >= 11 is 0. The van der Waals surface area contributed by atoms with Crippen LogP contribution in [0.25, 0.3) is 0 Å². The number of nitrogens with two attached hydrogens (primary N) is 1. The van der Waals surface area contributed by atoms with E-state index in [1.54, 1.807) is 0 Å². The lowest BCUT2D eigenvalue weighted by Gasteiger charge is -2.22. The zero-order chi connectivity index (χ0) is 11.8. The van der Waals surface area contributed by atoms with Gasteiger partial charge in [0.2, 0.25) is 0 Å². The van der Waals surface area contributed by atoms with Crippen LogP contribution in [-0.2, 0) is 6.54 Å². The van der Waals surface area contributed by atoms with E-state index in [1.807, 2.05) is 0 Å². The zero-order valence-electron chi connectivity index (χ0n) is 9.83. The smallest absolute Gasteiger partial charge is 0.141 e. The minimum absolute atomic E-state index is 0.307. The Bertz CT molecular complexity index is 390. The van der Waals surface area contributed by atoms with Crippen LogP contribution >= 0.6 is 0 Å². The van der Waals surface area contributed by atoms with E-state index in [9.17, 15) is 4.39 Å². The average Bonchev–Trinajstić information content (AvgIpc) is 2.58. The number of hydrogen-bond acceptors (Lipinski definition) is 3. The highest BCUT2D eigenvalue weighted by Crippen LogP contribution is 2.32. The molecule has 0 atom stereocenters. The van der Waals surface area contributed by atoms with E-state index in [1.165, 1.54) is 12.3 Å². The van der Waals surface area contributed by atoms with Crippen molar-refractivity contribution in [2.75, 3.05) is 18.0 Å². The van der Waals surface area contributed by atoms with Crippen LogP contribution in [0.5, 0.6) is 0 Å². The molecule has 1 aromatic heterocycles. The third-order valence-electron chi connectivity index (χ3n) is 3.11. The second-order valence-corrected chi connectivity index (χ2v) is 5.18. The van der Waals surface area contributed by atoms with Crippen LogP contribution in [0.4, 0.5) is 10.2 Å². The fraction of sp³-hybridized carbons (Fsp3) is 0.583. The van der Waals surface area contributed by atoms with Gasteiger partial charge in [0.1, 0.15) is 11.6 Å². The summed E-state index contributed by atoms with van der Waals surface area (Å²) in [5.74, 6) is 0.525. The van der Waals surface area contributed by atoms with Crippen LogP contribution in [-0.4, -0.2) is 18.1 Å². The van der Waals surface area contributed by atoms with E-state index >= 15 is 0 Å². The van der Waals surface area contributed by atoms with Crippen molar-refractivity contribution in [2.24, 2.45) is 11.1 Å². The van der Waals surface area contributed by atoms with Crippen LogP contribution in [0.1, 0.15) is 25.8 Å². The van der Waals surface area contributed by atoms with Gasteiger partial charge in [-0.25, -0.2) is 9.37 Å². The molecule has 4 heteroatoms. The minimum Gasteiger partial charge on any atom is -0.356 e. The average molecular weight is 223 g/mol. The van der Waals surface area contributed by atoms with Gasteiger partial charge >= 0.3 is 0 Å². The third-order valence-corrected chi connectivity index (χ3v) is 3.11. The normalized spacial score (nSPS) is 19.1. The first-order chi connectivity index (χ1) is 7.52. The van der Waals surface area contributed by atoms with Crippen LogP contribution in [0.2, 0.25) is 0 Å². The maximum absolute atomic E-state index is 13.0. The van der Waals surface area contributed by atoms with Gasteiger partial charge in [-0.1, -0.05) is 13.8 Å². The molecule has 0 bridgehead atoms. The molecule has 2 heterocycles. The van der Waals surface area contributed by atoms with E-state index in [2.05, 4.69) is 23.7 Å². The van der Waals surface area contributed by atoms with Gasteiger partial charge in [0, 0.05) is 25.2 Å². The molecular formula is C12H18FN3. The molecule has 0 aliphatic carbocycles. The van der Waals surface area contributed by atoms with Gasteiger partial charge in [-0.3, -0.25) is 0 Å². The Labute approximate surface area is 95.5 Å². The molecule has 0 amide bonds. The van der Waals surface area contributed by atoms with E-state index in [0.29, 0.717) is 12.0 Å². The number of nitrogens with zero attached hydrogens (tertiary/aromatic N) is 2. The molecule has 0 unspecified atom stereocenters. The van der Waals surface area contributed by atoms with E-state index in [0.717, 1.165) is 30.9 Å². The number of rotatable bonds is 2. The summed E-state index contributed by atoms with van der Waals surface area (Å²) in [5, 5.41) is 0. The lowest BCUT2D eigenvalue weighted by Crippen LogP contribution is -2.25. The predicted molar refractivity (Wildman–Crippen MR) is 62.7 cm³/mol. The summed E-state index contributed by atoms with van der Waals surface area (Å²) in [5.41, 5.74) is 6.72. The monoisotopic (exact) mass is 223 g/mol. The van der Waals surface area contributed by atoms with Gasteiger partial charge in [-0.2, -0.15) is 0 Å². The second kappa shape index (κ2) is 4.01. The van der Waals surface area contributed by atoms with Crippen LogP contribution in [0.3, 0.4) is 0 Å².